The number of rotatable bonds is 6. The van der Waals surface area contributed by atoms with Gasteiger partial charge < -0.3 is 11.1 Å². The number of nitrogens with two attached hydrogens (primary N) is 1. The van der Waals surface area contributed by atoms with Crippen LogP contribution in [0.1, 0.15) is 49.7 Å². The number of aromatic nitrogens is 1. The lowest BCUT2D eigenvalue weighted by Gasteiger charge is -2.27. The van der Waals surface area contributed by atoms with E-state index in [2.05, 4.69) is 24.1 Å². The predicted octanol–water partition coefficient (Wildman–Crippen LogP) is 4.38. The molecule has 4 nitrogen and oxygen atoms in total. The lowest BCUT2D eigenvalue weighted by atomic mass is 9.92. The molecule has 0 saturated heterocycles. The third-order valence-electron chi connectivity index (χ3n) is 4.45. The van der Waals surface area contributed by atoms with E-state index in [0.717, 1.165) is 16.8 Å². The number of carbonyl (C=O) groups is 1. The van der Waals surface area contributed by atoms with E-state index < -0.39 is 0 Å². The van der Waals surface area contributed by atoms with Crippen molar-refractivity contribution in [2.45, 2.75) is 39.8 Å². The molecule has 2 aromatic rings. The Kier molecular flexibility index (Phi) is 10.5. The van der Waals surface area contributed by atoms with Crippen molar-refractivity contribution in [2.24, 2.45) is 17.6 Å². The maximum absolute atomic E-state index is 12.7. The third-order valence-corrected chi connectivity index (χ3v) is 4.45. The topological polar surface area (TPSA) is 68.0 Å². The highest BCUT2D eigenvalue weighted by molar-refractivity contribution is 5.85. The van der Waals surface area contributed by atoms with E-state index in [9.17, 15) is 4.79 Å². The molecule has 1 amide bonds. The highest BCUT2D eigenvalue weighted by Gasteiger charge is 2.27. The molecule has 0 aliphatic heterocycles. The summed E-state index contributed by atoms with van der Waals surface area (Å²) in [5.41, 5.74) is 9.25. The minimum Gasteiger partial charge on any atom is -0.347 e. The first-order chi connectivity index (χ1) is 11.4. The number of nitrogens with zero attached hydrogens (tertiary/aromatic N) is 1. The summed E-state index contributed by atoms with van der Waals surface area (Å²) in [6.45, 7) is 8.06. The average molecular weight is 398 g/mol. The van der Waals surface area contributed by atoms with Crippen molar-refractivity contribution in [3.05, 3.63) is 65.5 Å². The lowest BCUT2D eigenvalue weighted by molar-refractivity contribution is -0.126. The van der Waals surface area contributed by atoms with Crippen molar-refractivity contribution in [1.82, 2.24) is 10.3 Å². The van der Waals surface area contributed by atoms with Gasteiger partial charge >= 0.3 is 0 Å². The first-order valence-corrected chi connectivity index (χ1v) is 8.44. The zero-order valence-electron chi connectivity index (χ0n) is 15.7. The van der Waals surface area contributed by atoms with Gasteiger partial charge in [0.15, 0.2) is 0 Å². The number of benzene rings is 1. The summed E-state index contributed by atoms with van der Waals surface area (Å²) >= 11 is 0. The quantitative estimate of drug-likeness (QED) is 0.759. The Bertz CT molecular complexity index is 680. The second-order valence-corrected chi connectivity index (χ2v) is 6.66. The van der Waals surface area contributed by atoms with Gasteiger partial charge in [0, 0.05) is 12.2 Å². The minimum absolute atomic E-state index is 0. The molecule has 3 unspecified atom stereocenters. The Labute approximate surface area is 168 Å². The van der Waals surface area contributed by atoms with Crippen molar-refractivity contribution >= 4 is 30.7 Å². The monoisotopic (exact) mass is 397 g/mol. The van der Waals surface area contributed by atoms with E-state index in [0.29, 0.717) is 0 Å². The largest absolute Gasteiger partial charge is 0.347 e. The molecular formula is C20H29Cl2N3O. The van der Waals surface area contributed by atoms with Gasteiger partial charge in [-0.1, -0.05) is 57.2 Å². The van der Waals surface area contributed by atoms with E-state index >= 15 is 0 Å². The fourth-order valence-electron chi connectivity index (χ4n) is 2.79. The number of aryl methyl sites for hydroxylation is 1. The van der Waals surface area contributed by atoms with Gasteiger partial charge in [-0.15, -0.1) is 24.8 Å². The molecule has 0 aliphatic carbocycles. The Morgan fingerprint density at radius 2 is 1.65 bits per heavy atom. The van der Waals surface area contributed by atoms with Crippen LogP contribution in [0.5, 0.6) is 0 Å². The SMILES string of the molecule is Cc1cccnc1C(NC(=O)C(C)C(N)c1ccccc1)C(C)C.Cl.Cl. The summed E-state index contributed by atoms with van der Waals surface area (Å²) in [4.78, 5) is 17.2. The maximum atomic E-state index is 12.7. The fourth-order valence-corrected chi connectivity index (χ4v) is 2.79. The second-order valence-electron chi connectivity index (χ2n) is 6.66. The van der Waals surface area contributed by atoms with Crippen molar-refractivity contribution in [3.63, 3.8) is 0 Å². The van der Waals surface area contributed by atoms with Crippen molar-refractivity contribution in [3.8, 4) is 0 Å². The van der Waals surface area contributed by atoms with E-state index in [-0.39, 0.29) is 54.6 Å². The van der Waals surface area contributed by atoms with Crippen LogP contribution in [0.25, 0.3) is 0 Å². The van der Waals surface area contributed by atoms with Crippen molar-refractivity contribution in [1.29, 1.82) is 0 Å². The van der Waals surface area contributed by atoms with Gasteiger partial charge in [0.2, 0.25) is 5.91 Å². The fraction of sp³-hybridized carbons (Fsp3) is 0.400. The van der Waals surface area contributed by atoms with E-state index in [1.54, 1.807) is 6.20 Å². The molecule has 144 valence electrons. The summed E-state index contributed by atoms with van der Waals surface area (Å²) in [5, 5.41) is 3.14. The molecule has 3 atom stereocenters. The van der Waals surface area contributed by atoms with Gasteiger partial charge in [-0.25, -0.2) is 0 Å². The third kappa shape index (κ3) is 5.97. The minimum atomic E-state index is -0.330. The molecule has 0 saturated carbocycles. The van der Waals surface area contributed by atoms with Gasteiger partial charge in [0.05, 0.1) is 17.7 Å². The molecule has 0 fully saturated rings. The van der Waals surface area contributed by atoms with Gasteiger partial charge in [0.1, 0.15) is 0 Å². The highest BCUT2D eigenvalue weighted by Crippen LogP contribution is 2.25. The zero-order chi connectivity index (χ0) is 17.7. The van der Waals surface area contributed by atoms with E-state index in [1.807, 2.05) is 56.3 Å². The lowest BCUT2D eigenvalue weighted by Crippen LogP contribution is -2.39. The van der Waals surface area contributed by atoms with Crippen LogP contribution in [0.4, 0.5) is 0 Å². The Balaban J connectivity index is 0.00000312. The van der Waals surface area contributed by atoms with Crippen LogP contribution in [0.15, 0.2) is 48.7 Å². The van der Waals surface area contributed by atoms with Crippen LogP contribution in [0, 0.1) is 18.8 Å². The van der Waals surface area contributed by atoms with Crippen LogP contribution in [-0.4, -0.2) is 10.9 Å². The first kappa shape index (κ1) is 24.4. The molecule has 26 heavy (non-hydrogen) atoms. The molecule has 6 heteroatoms. The number of nitrogens with one attached hydrogen (secondary N) is 1. The van der Waals surface area contributed by atoms with E-state index in [1.165, 1.54) is 0 Å². The highest BCUT2D eigenvalue weighted by atomic mass is 35.5. The molecule has 3 N–H and O–H groups in total. The summed E-state index contributed by atoms with van der Waals surface area (Å²) in [6.07, 6.45) is 1.77. The molecule has 0 spiro atoms. The van der Waals surface area contributed by atoms with Crippen LogP contribution in [0.2, 0.25) is 0 Å². The molecule has 1 aromatic carbocycles. The van der Waals surface area contributed by atoms with Gasteiger partial charge in [-0.05, 0) is 30.0 Å². The predicted molar refractivity (Wildman–Crippen MR) is 112 cm³/mol. The number of pyridine rings is 1. The molecule has 2 rings (SSSR count). The smallest absolute Gasteiger partial charge is 0.225 e. The van der Waals surface area contributed by atoms with Gasteiger partial charge in [0.25, 0.3) is 0 Å². The number of hydrogen-bond donors (Lipinski definition) is 2. The summed E-state index contributed by atoms with van der Waals surface area (Å²) in [5.74, 6) is -0.129. The first-order valence-electron chi connectivity index (χ1n) is 8.44. The number of amides is 1. The average Bonchev–Trinajstić information content (AvgIpc) is 2.59. The van der Waals surface area contributed by atoms with Crippen LogP contribution in [0.3, 0.4) is 0 Å². The number of halogens is 2. The van der Waals surface area contributed by atoms with Gasteiger partial charge in [-0.3, -0.25) is 9.78 Å². The van der Waals surface area contributed by atoms with Crippen LogP contribution in [-0.2, 0) is 4.79 Å². The summed E-state index contributed by atoms with van der Waals surface area (Å²) in [7, 11) is 0. The summed E-state index contributed by atoms with van der Waals surface area (Å²) in [6, 6.07) is 13.2. The molecule has 0 bridgehead atoms. The number of hydrogen-bond acceptors (Lipinski definition) is 3. The Morgan fingerprint density at radius 1 is 1.04 bits per heavy atom. The Morgan fingerprint density at radius 3 is 2.19 bits per heavy atom. The van der Waals surface area contributed by atoms with Crippen molar-refractivity contribution in [2.75, 3.05) is 0 Å². The molecule has 0 radical (unpaired) electrons. The van der Waals surface area contributed by atoms with Crippen LogP contribution < -0.4 is 11.1 Å². The molecule has 1 heterocycles. The Hall–Kier alpha value is -1.62. The maximum Gasteiger partial charge on any atom is 0.225 e. The standard InChI is InChI=1S/C20H27N3O.2ClH/c1-13(2)18(19-14(3)9-8-12-22-19)23-20(24)15(4)17(21)16-10-6-5-7-11-16;;/h5-13,15,17-18H,21H2,1-4H3,(H,23,24);2*1H. The molecule has 0 aliphatic rings. The summed E-state index contributed by atoms with van der Waals surface area (Å²) < 4.78 is 0. The molecular weight excluding hydrogens is 369 g/mol. The zero-order valence-corrected chi connectivity index (χ0v) is 17.3. The van der Waals surface area contributed by atoms with E-state index in [4.69, 9.17) is 5.73 Å². The van der Waals surface area contributed by atoms with Crippen molar-refractivity contribution < 1.29 is 4.79 Å². The van der Waals surface area contributed by atoms with Gasteiger partial charge in [-0.2, -0.15) is 0 Å². The number of carbonyl (C=O) groups excluding carboxylic acids is 1. The molecule has 1 aromatic heterocycles. The normalized spacial score (nSPS) is 13.8. The second kappa shape index (κ2) is 11.2. The van der Waals surface area contributed by atoms with Crippen LogP contribution >= 0.6 is 24.8 Å².